The van der Waals surface area contributed by atoms with E-state index in [1.54, 1.807) is 58.7 Å². The number of aromatic nitrogens is 3. The molecule has 4 aliphatic rings. The van der Waals surface area contributed by atoms with Crippen molar-refractivity contribution in [3.05, 3.63) is 143 Å². The second-order valence-electron chi connectivity index (χ2n) is 18.6. The van der Waals surface area contributed by atoms with Crippen molar-refractivity contribution in [2.75, 3.05) is 41.9 Å². The van der Waals surface area contributed by atoms with Crippen LogP contribution in [-0.4, -0.2) is 99.3 Å². The molecular formula is C54H58N8O9. The van der Waals surface area contributed by atoms with E-state index in [-0.39, 0.29) is 66.9 Å². The maximum Gasteiger partial charge on any atom is 0.416 e. The summed E-state index contributed by atoms with van der Waals surface area (Å²) in [7, 11) is 3.42. The molecule has 0 saturated carbocycles. The quantitative estimate of drug-likeness (QED) is 0.0553. The molecule has 0 bridgehead atoms. The molecule has 6 heterocycles. The third kappa shape index (κ3) is 10.6. The first-order chi connectivity index (χ1) is 34.2. The van der Waals surface area contributed by atoms with Crippen LogP contribution in [0.2, 0.25) is 0 Å². The molecule has 2 saturated heterocycles. The van der Waals surface area contributed by atoms with Crippen molar-refractivity contribution in [1.82, 2.24) is 19.0 Å². The first-order valence-corrected chi connectivity index (χ1v) is 23.9. The Morgan fingerprint density at radius 2 is 1.79 bits per heavy atom. The number of amides is 4. The van der Waals surface area contributed by atoms with Crippen molar-refractivity contribution in [2.24, 2.45) is 19.1 Å². The molecule has 3 atom stereocenters. The number of anilines is 3. The maximum atomic E-state index is 14.2. The topological polar surface area (TPSA) is 188 Å². The van der Waals surface area contributed by atoms with Crippen LogP contribution in [0.5, 0.6) is 5.75 Å². The van der Waals surface area contributed by atoms with Crippen molar-refractivity contribution >= 4 is 58.2 Å². The average Bonchev–Trinajstić information content (AvgIpc) is 4.13. The molecule has 0 radical (unpaired) electrons. The van der Waals surface area contributed by atoms with Gasteiger partial charge in [0, 0.05) is 70.7 Å². The maximum absolute atomic E-state index is 14.2. The zero-order valence-corrected chi connectivity index (χ0v) is 40.5. The lowest BCUT2D eigenvalue weighted by Gasteiger charge is -2.38. The van der Waals surface area contributed by atoms with Crippen molar-refractivity contribution in [2.45, 2.75) is 83.8 Å². The van der Waals surface area contributed by atoms with Crippen LogP contribution < -0.4 is 20.3 Å². The van der Waals surface area contributed by atoms with E-state index in [0.29, 0.717) is 66.2 Å². The van der Waals surface area contributed by atoms with E-state index in [2.05, 4.69) is 53.9 Å². The number of ketones is 1. The molecule has 2 unspecified atom stereocenters. The number of hydrogen-bond donors (Lipinski definition) is 2. The number of aryl methyl sites for hydroxylation is 4. The first kappa shape index (κ1) is 48.4. The van der Waals surface area contributed by atoms with Gasteiger partial charge in [-0.2, -0.15) is 0 Å². The smallest absolute Gasteiger partial charge is 0.416 e. The van der Waals surface area contributed by atoms with Gasteiger partial charge < -0.3 is 43.6 Å². The van der Waals surface area contributed by atoms with Crippen molar-refractivity contribution in [1.29, 1.82) is 0 Å². The number of rotatable bonds is 16. The Morgan fingerprint density at radius 1 is 0.972 bits per heavy atom. The monoisotopic (exact) mass is 962 g/mol. The minimum absolute atomic E-state index is 0.0172. The van der Waals surface area contributed by atoms with Gasteiger partial charge in [-0.15, -0.1) is 0 Å². The van der Waals surface area contributed by atoms with Crippen LogP contribution in [0.4, 0.5) is 27.7 Å². The van der Waals surface area contributed by atoms with Crippen LogP contribution >= 0.6 is 0 Å². The zero-order valence-electron chi connectivity index (χ0n) is 40.5. The Hall–Kier alpha value is -7.63. The van der Waals surface area contributed by atoms with E-state index in [0.717, 1.165) is 41.8 Å². The molecule has 0 spiro atoms. The van der Waals surface area contributed by atoms with E-state index >= 15 is 0 Å². The lowest BCUT2D eigenvalue weighted by molar-refractivity contribution is -0.195. The molecule has 9 rings (SSSR count). The van der Waals surface area contributed by atoms with E-state index in [9.17, 15) is 24.0 Å². The third-order valence-corrected chi connectivity index (χ3v) is 13.1. The summed E-state index contributed by atoms with van der Waals surface area (Å²) < 4.78 is 27.5. The molecule has 17 nitrogen and oxygen atoms in total. The van der Waals surface area contributed by atoms with Crippen LogP contribution in [0, 0.1) is 13.8 Å². The number of nitrogens with zero attached hydrogens (tertiary/aromatic N) is 6. The molecule has 2 aromatic heterocycles. The molecular weight excluding hydrogens is 905 g/mol. The molecule has 0 aliphatic carbocycles. The number of Topliss-reactive ketones (excluding diaryl/α,β-unsaturated/α-hetero) is 1. The van der Waals surface area contributed by atoms with Crippen LogP contribution in [0.1, 0.15) is 97.8 Å². The minimum atomic E-state index is -0.941. The highest BCUT2D eigenvalue weighted by atomic mass is 16.7. The van der Waals surface area contributed by atoms with E-state index in [4.69, 9.17) is 23.9 Å². The summed E-state index contributed by atoms with van der Waals surface area (Å²) in [5, 5.41) is 5.73. The number of imidazole rings is 1. The predicted molar refractivity (Wildman–Crippen MR) is 268 cm³/mol. The first-order valence-electron chi connectivity index (χ1n) is 23.9. The van der Waals surface area contributed by atoms with Gasteiger partial charge in [0.1, 0.15) is 18.1 Å². The van der Waals surface area contributed by atoms with Gasteiger partial charge in [0.25, 0.3) is 11.8 Å². The standard InChI is InChI=1S/C54H58N8O9/c1-7-19-70-54(67)62-42-28-46(34(4)24-39(42)52(66)61-29-33(3)23-44(61)53(62)71-49-12-8-9-20-69-49)68-21-10-11-48(64)57-47-31-60(6)50(58-47)45(63)26-35-25-43(59(5)30-35)51(65)55-38-17-15-36(16-18-38)41-27-37-14-13-32(2)22-40(37)56-41/h7,13-18,22,24-25,28,30-31,44,49,53H,1,3,8-12,19-21,23,26-27,29H2,2,4-6H3,(H,55,65)(H,57,64)/t44-,49?,53?/m0/s1. The molecule has 2 fully saturated rings. The summed E-state index contributed by atoms with van der Waals surface area (Å²) in [5.74, 6) is -0.433. The van der Waals surface area contributed by atoms with Gasteiger partial charge in [0.2, 0.25) is 11.7 Å². The number of hydrogen-bond acceptors (Lipinski definition) is 11. The van der Waals surface area contributed by atoms with Gasteiger partial charge in [-0.25, -0.2) is 14.7 Å². The third-order valence-electron chi connectivity index (χ3n) is 13.1. The Bertz CT molecular complexity index is 2960. The Morgan fingerprint density at radius 3 is 2.56 bits per heavy atom. The molecule has 4 aliphatic heterocycles. The second kappa shape index (κ2) is 20.8. The molecule has 2 N–H and O–H groups in total. The Kier molecular flexibility index (Phi) is 14.2. The average molecular weight is 963 g/mol. The normalized spacial score (nSPS) is 18.3. The fourth-order valence-corrected chi connectivity index (χ4v) is 9.53. The second-order valence-corrected chi connectivity index (χ2v) is 18.6. The number of aliphatic imine (C=N–C) groups is 1. The van der Waals surface area contributed by atoms with Gasteiger partial charge in [0.15, 0.2) is 24.2 Å². The number of fused-ring (bicyclic) bond motifs is 3. The van der Waals surface area contributed by atoms with Crippen molar-refractivity contribution < 1.29 is 42.9 Å². The number of benzene rings is 3. The van der Waals surface area contributed by atoms with Crippen LogP contribution in [-0.2, 0) is 45.9 Å². The van der Waals surface area contributed by atoms with Gasteiger partial charge in [0.05, 0.1) is 35.3 Å². The lowest BCUT2D eigenvalue weighted by Crippen LogP contribution is -2.54. The Balaban J connectivity index is 0.794. The largest absolute Gasteiger partial charge is 0.493 e. The highest BCUT2D eigenvalue weighted by Gasteiger charge is 2.48. The van der Waals surface area contributed by atoms with Crippen molar-refractivity contribution in [3.63, 3.8) is 0 Å². The number of nitrogens with one attached hydrogen (secondary N) is 2. The van der Waals surface area contributed by atoms with Crippen LogP contribution in [0.15, 0.2) is 103 Å². The lowest BCUT2D eigenvalue weighted by atomic mass is 10.0. The predicted octanol–water partition coefficient (Wildman–Crippen LogP) is 8.31. The molecule has 4 amide bonds. The molecule has 5 aromatic rings. The SMILES string of the molecule is C=CCOC(=O)N1c2cc(OCCCC(=O)Nc3cn(C)c(C(=O)Cc4cc(C(=O)Nc5ccc(C6=Nc7cc(C)ccc7C6)cc5)n(C)c4)n3)c(C)cc2C(=O)N2CC(=C)C[C@H]2C1OC1CCCCO1. The fraction of sp³-hybridized carbons (Fsp3) is 0.352. The van der Waals surface area contributed by atoms with E-state index in [1.165, 1.54) is 22.1 Å². The molecule has 17 heteroatoms. The summed E-state index contributed by atoms with van der Waals surface area (Å²) >= 11 is 0. The summed E-state index contributed by atoms with van der Waals surface area (Å²) in [6.45, 7) is 12.6. The summed E-state index contributed by atoms with van der Waals surface area (Å²) in [5.41, 5.74) is 9.05. The van der Waals surface area contributed by atoms with Crippen LogP contribution in [0.25, 0.3) is 0 Å². The summed E-state index contributed by atoms with van der Waals surface area (Å²) in [4.78, 5) is 80.5. The van der Waals surface area contributed by atoms with Crippen molar-refractivity contribution in [3.8, 4) is 5.75 Å². The molecule has 3 aromatic carbocycles. The van der Waals surface area contributed by atoms with Gasteiger partial charge in [-0.05, 0) is 104 Å². The number of ether oxygens (including phenoxy) is 4. The minimum Gasteiger partial charge on any atom is -0.493 e. The zero-order chi connectivity index (χ0) is 49.9. The van der Waals surface area contributed by atoms with E-state index in [1.807, 2.05) is 31.2 Å². The van der Waals surface area contributed by atoms with Gasteiger partial charge in [-0.1, -0.05) is 49.1 Å². The fourth-order valence-electron chi connectivity index (χ4n) is 9.53. The van der Waals surface area contributed by atoms with Gasteiger partial charge >= 0.3 is 6.09 Å². The number of carbonyl (C=O) groups is 5. The number of carbonyl (C=O) groups excluding carboxylic acids is 5. The van der Waals surface area contributed by atoms with Crippen LogP contribution in [0.3, 0.4) is 0 Å². The highest BCUT2D eigenvalue weighted by Crippen LogP contribution is 2.41. The summed E-state index contributed by atoms with van der Waals surface area (Å²) in [6.07, 6.45) is 6.55. The summed E-state index contributed by atoms with van der Waals surface area (Å²) in [6, 6.07) is 18.4. The Labute approximate surface area is 412 Å². The highest BCUT2D eigenvalue weighted by molar-refractivity contribution is 6.08. The van der Waals surface area contributed by atoms with E-state index < -0.39 is 24.7 Å². The molecule has 368 valence electrons. The van der Waals surface area contributed by atoms with Gasteiger partial charge in [-0.3, -0.25) is 24.2 Å². The molecule has 71 heavy (non-hydrogen) atoms.